The van der Waals surface area contributed by atoms with E-state index in [1.54, 1.807) is 16.7 Å². The number of ether oxygens (including phenoxy) is 2. The van der Waals surface area contributed by atoms with Gasteiger partial charge in [0.25, 0.3) is 0 Å². The van der Waals surface area contributed by atoms with Gasteiger partial charge in [0.15, 0.2) is 0 Å². The Morgan fingerprint density at radius 3 is 2.19 bits per heavy atom. The zero-order valence-electron chi connectivity index (χ0n) is 32.8. The first-order valence-corrected chi connectivity index (χ1v) is 19.4. The molecule has 3 amide bonds. The second kappa shape index (κ2) is 18.5. The van der Waals surface area contributed by atoms with Gasteiger partial charge < -0.3 is 24.6 Å². The van der Waals surface area contributed by atoms with E-state index in [-0.39, 0.29) is 48.8 Å². The van der Waals surface area contributed by atoms with Gasteiger partial charge in [-0.25, -0.2) is 4.79 Å². The van der Waals surface area contributed by atoms with Crippen molar-refractivity contribution in [2.24, 2.45) is 11.3 Å². The SMILES string of the molecule is CCOC(=O)C[C@H](OC(=O)[C@@H]1CCCN1C(=O)C1CCCN1C[C@H](C(C)C)N(C)C(=O)C(NC(=O)C1CCCCN1C)C(C)(C)C)c1ccccc1. The van der Waals surface area contributed by atoms with Crippen molar-refractivity contribution in [2.45, 2.75) is 129 Å². The van der Waals surface area contributed by atoms with Crippen molar-refractivity contribution in [3.05, 3.63) is 35.9 Å². The van der Waals surface area contributed by atoms with Gasteiger partial charge in [0, 0.05) is 26.2 Å². The molecule has 12 nitrogen and oxygen atoms in total. The number of carbonyl (C=O) groups excluding carboxylic acids is 5. The summed E-state index contributed by atoms with van der Waals surface area (Å²) < 4.78 is 11.1. The summed E-state index contributed by atoms with van der Waals surface area (Å²) in [4.78, 5) is 75.8. The molecule has 3 aliphatic rings. The summed E-state index contributed by atoms with van der Waals surface area (Å²) in [6.45, 7) is 14.5. The van der Waals surface area contributed by atoms with Crippen LogP contribution in [-0.2, 0) is 33.4 Å². The summed E-state index contributed by atoms with van der Waals surface area (Å²) >= 11 is 0. The monoisotopic (exact) mass is 725 g/mol. The first kappa shape index (κ1) is 41.2. The molecule has 3 aliphatic heterocycles. The van der Waals surface area contributed by atoms with Crippen molar-refractivity contribution >= 4 is 29.7 Å². The van der Waals surface area contributed by atoms with E-state index in [1.165, 1.54) is 0 Å². The van der Waals surface area contributed by atoms with Crippen molar-refractivity contribution in [3.63, 3.8) is 0 Å². The largest absolute Gasteiger partial charge is 0.466 e. The fourth-order valence-corrected chi connectivity index (χ4v) is 7.96. The average molecular weight is 726 g/mol. The third-order valence-electron chi connectivity index (χ3n) is 11.1. The van der Waals surface area contributed by atoms with Gasteiger partial charge in [-0.3, -0.25) is 29.0 Å². The van der Waals surface area contributed by atoms with Crippen LogP contribution in [0.25, 0.3) is 0 Å². The Morgan fingerprint density at radius 2 is 1.56 bits per heavy atom. The molecule has 6 atom stereocenters. The molecule has 52 heavy (non-hydrogen) atoms. The van der Waals surface area contributed by atoms with Gasteiger partial charge in [0.1, 0.15) is 18.2 Å². The van der Waals surface area contributed by atoms with Gasteiger partial charge in [0.05, 0.1) is 25.1 Å². The predicted octanol–water partition coefficient (Wildman–Crippen LogP) is 4.18. The summed E-state index contributed by atoms with van der Waals surface area (Å²) in [6.07, 6.45) is 4.55. The van der Waals surface area contributed by atoms with Gasteiger partial charge in [-0.05, 0) is 82.5 Å². The zero-order valence-corrected chi connectivity index (χ0v) is 32.8. The Bertz CT molecular complexity index is 1380. The molecule has 290 valence electrons. The number of nitrogens with zero attached hydrogens (tertiary/aromatic N) is 4. The third kappa shape index (κ3) is 10.3. The fourth-order valence-electron chi connectivity index (χ4n) is 7.96. The zero-order chi connectivity index (χ0) is 38.2. The Hall–Kier alpha value is -3.51. The lowest BCUT2D eigenvalue weighted by Gasteiger charge is -2.41. The van der Waals surface area contributed by atoms with E-state index in [2.05, 4.69) is 29.0 Å². The summed E-state index contributed by atoms with van der Waals surface area (Å²) in [5.41, 5.74) is 0.173. The molecule has 0 radical (unpaired) electrons. The number of rotatable bonds is 14. The van der Waals surface area contributed by atoms with Crippen molar-refractivity contribution in [3.8, 4) is 0 Å². The number of amides is 3. The molecule has 0 aliphatic carbocycles. The Morgan fingerprint density at radius 1 is 0.904 bits per heavy atom. The minimum Gasteiger partial charge on any atom is -0.466 e. The highest BCUT2D eigenvalue weighted by molar-refractivity contribution is 5.91. The number of piperidine rings is 1. The molecule has 0 aromatic heterocycles. The number of nitrogens with one attached hydrogen (secondary N) is 1. The number of esters is 2. The molecule has 3 fully saturated rings. The molecule has 1 aromatic carbocycles. The van der Waals surface area contributed by atoms with Gasteiger partial charge in [-0.15, -0.1) is 0 Å². The van der Waals surface area contributed by atoms with Crippen molar-refractivity contribution in [1.29, 1.82) is 0 Å². The second-order valence-corrected chi connectivity index (χ2v) is 16.2. The quantitative estimate of drug-likeness (QED) is 0.281. The molecular weight excluding hydrogens is 662 g/mol. The van der Waals surface area contributed by atoms with Crippen LogP contribution < -0.4 is 5.32 Å². The van der Waals surface area contributed by atoms with Crippen LogP contribution in [0.2, 0.25) is 0 Å². The molecule has 0 spiro atoms. The molecule has 1 aromatic rings. The number of benzene rings is 1. The summed E-state index contributed by atoms with van der Waals surface area (Å²) in [6, 6.07) is 6.78. The van der Waals surface area contributed by atoms with E-state index in [1.807, 2.05) is 65.2 Å². The standard InChI is InChI=1S/C40H63N5O7/c1-9-51-34(46)25-33(28-17-11-10-12-18-28)52-39(50)31-21-16-24-45(31)37(48)30-20-15-23-44(30)26-32(27(2)3)43(8)38(49)35(40(4,5)6)41-36(47)29-19-13-14-22-42(29)7/h10-12,17-18,27,29-33,35H,9,13-16,19-26H2,1-8H3,(H,41,47)/t29?,30?,31-,32+,33-,35?/m0/s1. The molecule has 4 rings (SSSR count). The average Bonchev–Trinajstić information content (AvgIpc) is 3.79. The molecule has 3 unspecified atom stereocenters. The van der Waals surface area contributed by atoms with Crippen molar-refractivity contribution < 1.29 is 33.4 Å². The predicted molar refractivity (Wildman–Crippen MR) is 199 cm³/mol. The van der Waals surface area contributed by atoms with Crippen LogP contribution in [0, 0.1) is 11.3 Å². The van der Waals surface area contributed by atoms with E-state index in [0.29, 0.717) is 44.5 Å². The highest BCUT2D eigenvalue weighted by atomic mass is 16.6. The number of carbonyl (C=O) groups is 5. The van der Waals surface area contributed by atoms with E-state index < -0.39 is 41.6 Å². The molecule has 12 heteroatoms. The number of hydrogen-bond acceptors (Lipinski definition) is 9. The maximum absolute atomic E-state index is 14.3. The van der Waals surface area contributed by atoms with Gasteiger partial charge in [0.2, 0.25) is 17.7 Å². The minimum atomic E-state index is -0.821. The number of hydrogen-bond donors (Lipinski definition) is 1. The van der Waals surface area contributed by atoms with Crippen molar-refractivity contribution in [2.75, 3.05) is 46.9 Å². The fraction of sp³-hybridized carbons (Fsp3) is 0.725. The first-order chi connectivity index (χ1) is 24.6. The smallest absolute Gasteiger partial charge is 0.329 e. The second-order valence-electron chi connectivity index (χ2n) is 16.2. The Kier molecular flexibility index (Phi) is 14.7. The van der Waals surface area contributed by atoms with Gasteiger partial charge in [-0.1, -0.05) is 71.4 Å². The molecule has 3 heterocycles. The van der Waals surface area contributed by atoms with Crippen LogP contribution in [0.5, 0.6) is 0 Å². The van der Waals surface area contributed by atoms with Crippen LogP contribution in [0.3, 0.4) is 0 Å². The highest BCUT2D eigenvalue weighted by Gasteiger charge is 2.44. The van der Waals surface area contributed by atoms with Crippen LogP contribution >= 0.6 is 0 Å². The van der Waals surface area contributed by atoms with E-state index >= 15 is 0 Å². The van der Waals surface area contributed by atoms with E-state index in [9.17, 15) is 24.0 Å². The molecular formula is C40H63N5O7. The van der Waals surface area contributed by atoms with Crippen LogP contribution in [0.1, 0.15) is 105 Å². The van der Waals surface area contributed by atoms with Gasteiger partial charge in [-0.2, -0.15) is 0 Å². The van der Waals surface area contributed by atoms with Gasteiger partial charge >= 0.3 is 11.9 Å². The van der Waals surface area contributed by atoms with Crippen LogP contribution in [-0.4, -0.2) is 126 Å². The summed E-state index contributed by atoms with van der Waals surface area (Å²) in [5.74, 6) is -1.25. The summed E-state index contributed by atoms with van der Waals surface area (Å²) in [5, 5.41) is 3.13. The summed E-state index contributed by atoms with van der Waals surface area (Å²) in [7, 11) is 3.77. The third-order valence-corrected chi connectivity index (χ3v) is 11.1. The lowest BCUT2D eigenvalue weighted by molar-refractivity contribution is -0.162. The Labute approximate surface area is 310 Å². The van der Waals surface area contributed by atoms with Crippen LogP contribution in [0.4, 0.5) is 0 Å². The Balaban J connectivity index is 1.45. The molecule has 1 N–H and O–H groups in total. The molecule has 0 bridgehead atoms. The minimum absolute atomic E-state index is 0.0786. The first-order valence-electron chi connectivity index (χ1n) is 19.4. The number of likely N-dealkylation sites (N-methyl/N-ethyl adjacent to an activating group) is 2. The molecule has 3 saturated heterocycles. The normalized spacial score (nSPS) is 23.2. The highest BCUT2D eigenvalue weighted by Crippen LogP contribution is 2.30. The van der Waals surface area contributed by atoms with E-state index in [0.717, 1.165) is 32.2 Å². The topological polar surface area (TPSA) is 129 Å². The molecule has 0 saturated carbocycles. The maximum atomic E-state index is 14.3. The van der Waals surface area contributed by atoms with E-state index in [4.69, 9.17) is 9.47 Å². The lowest BCUT2D eigenvalue weighted by Crippen LogP contribution is -2.61. The van der Waals surface area contributed by atoms with Crippen LogP contribution in [0.15, 0.2) is 30.3 Å². The maximum Gasteiger partial charge on any atom is 0.329 e. The number of likely N-dealkylation sites (tertiary alicyclic amines) is 3. The lowest BCUT2D eigenvalue weighted by atomic mass is 9.84. The van der Waals surface area contributed by atoms with Crippen molar-refractivity contribution in [1.82, 2.24) is 24.9 Å².